The lowest BCUT2D eigenvalue weighted by Crippen LogP contribution is -1.96. The monoisotopic (exact) mass is 220 g/mol. The number of nitro groups is 2. The van der Waals surface area contributed by atoms with E-state index in [1.54, 1.807) is 0 Å². The van der Waals surface area contributed by atoms with Crippen LogP contribution in [0.1, 0.15) is 0 Å². The molecule has 0 saturated carbocycles. The van der Waals surface area contributed by atoms with Crippen molar-refractivity contribution in [1.29, 1.82) is 0 Å². The minimum Gasteiger partial charge on any atom is -0.258 e. The van der Waals surface area contributed by atoms with Gasteiger partial charge in [0.1, 0.15) is 5.02 Å². The molecule has 1 aromatic rings. The fourth-order valence-electron chi connectivity index (χ4n) is 0.806. The van der Waals surface area contributed by atoms with Crippen LogP contribution in [0.3, 0.4) is 0 Å². The number of nitrogens with zero attached hydrogens (tertiary/aromatic N) is 2. The van der Waals surface area contributed by atoms with E-state index < -0.39 is 32.1 Å². The van der Waals surface area contributed by atoms with Gasteiger partial charge in [0.05, 0.1) is 15.9 Å². The minimum absolute atomic E-state index is 0.474. The van der Waals surface area contributed by atoms with E-state index in [9.17, 15) is 24.6 Å². The van der Waals surface area contributed by atoms with E-state index in [0.29, 0.717) is 12.1 Å². The molecule has 0 heterocycles. The molecule has 14 heavy (non-hydrogen) atoms. The number of hydrogen-bond donors (Lipinski definition) is 0. The third kappa shape index (κ3) is 1.77. The summed E-state index contributed by atoms with van der Waals surface area (Å²) >= 11 is 5.30. The third-order valence-electron chi connectivity index (χ3n) is 1.41. The summed E-state index contributed by atoms with van der Waals surface area (Å²) < 4.78 is 12.8. The Labute approximate surface area is 81.2 Å². The lowest BCUT2D eigenvalue weighted by Gasteiger charge is -1.96. The highest BCUT2D eigenvalue weighted by Crippen LogP contribution is 2.30. The van der Waals surface area contributed by atoms with Gasteiger partial charge in [-0.15, -0.1) is 0 Å². The highest BCUT2D eigenvalue weighted by atomic mass is 35.5. The largest absolute Gasteiger partial charge is 0.311 e. The summed E-state index contributed by atoms with van der Waals surface area (Å²) in [6, 6.07) is 1.02. The van der Waals surface area contributed by atoms with Crippen molar-refractivity contribution in [2.24, 2.45) is 0 Å². The summed E-state index contributed by atoms with van der Waals surface area (Å²) in [6.07, 6.45) is 0. The zero-order valence-electron chi connectivity index (χ0n) is 6.44. The predicted octanol–water partition coefficient (Wildman–Crippen LogP) is 2.30. The minimum atomic E-state index is -1.20. The van der Waals surface area contributed by atoms with Crippen LogP contribution in [0.5, 0.6) is 0 Å². The van der Waals surface area contributed by atoms with Crippen molar-refractivity contribution < 1.29 is 14.2 Å². The Bertz CT molecular complexity index is 387. The molecule has 0 spiro atoms. The van der Waals surface area contributed by atoms with Crippen LogP contribution in [0.25, 0.3) is 0 Å². The van der Waals surface area contributed by atoms with Gasteiger partial charge in [0, 0.05) is 6.07 Å². The molecule has 0 fully saturated rings. The molecule has 0 radical (unpaired) electrons. The first-order valence-electron chi connectivity index (χ1n) is 3.21. The van der Waals surface area contributed by atoms with E-state index in [4.69, 9.17) is 11.6 Å². The molecule has 1 aromatic carbocycles. The van der Waals surface area contributed by atoms with Gasteiger partial charge in [-0.1, -0.05) is 11.6 Å². The maximum Gasteiger partial charge on any atom is 0.311 e. The van der Waals surface area contributed by atoms with Gasteiger partial charge >= 0.3 is 5.69 Å². The molecule has 0 saturated heterocycles. The van der Waals surface area contributed by atoms with Crippen molar-refractivity contribution in [3.8, 4) is 0 Å². The Kier molecular flexibility index (Phi) is 2.61. The standard InChI is InChI=1S/C6H2ClFN2O4/c7-3-1-4(8)6(10(13)14)2-5(3)9(11)12/h1-2H. The van der Waals surface area contributed by atoms with E-state index >= 15 is 0 Å². The van der Waals surface area contributed by atoms with E-state index in [2.05, 4.69) is 0 Å². The lowest BCUT2D eigenvalue weighted by molar-refractivity contribution is -0.395. The van der Waals surface area contributed by atoms with Crippen molar-refractivity contribution >= 4 is 23.0 Å². The van der Waals surface area contributed by atoms with E-state index in [0.717, 1.165) is 0 Å². The summed E-state index contributed by atoms with van der Waals surface area (Å²) in [5, 5.41) is 20.0. The molecule has 8 heteroatoms. The topological polar surface area (TPSA) is 86.3 Å². The fourth-order valence-corrected chi connectivity index (χ4v) is 1.03. The van der Waals surface area contributed by atoms with Gasteiger partial charge < -0.3 is 0 Å². The SMILES string of the molecule is O=[N+]([O-])c1cc([N+](=O)[O-])c(Cl)cc1F. The number of hydrogen-bond acceptors (Lipinski definition) is 4. The van der Waals surface area contributed by atoms with Crippen molar-refractivity contribution in [2.45, 2.75) is 0 Å². The molecule has 0 amide bonds. The Morgan fingerprint density at radius 3 is 2.07 bits per heavy atom. The normalized spacial score (nSPS) is 9.86. The highest BCUT2D eigenvalue weighted by Gasteiger charge is 2.23. The van der Waals surface area contributed by atoms with Crippen molar-refractivity contribution in [3.63, 3.8) is 0 Å². The Balaban J connectivity index is 3.42. The number of nitro benzene ring substituents is 2. The Morgan fingerprint density at radius 2 is 1.64 bits per heavy atom. The first-order chi connectivity index (χ1) is 6.43. The zero-order chi connectivity index (χ0) is 10.9. The Morgan fingerprint density at radius 1 is 1.14 bits per heavy atom. The lowest BCUT2D eigenvalue weighted by atomic mass is 10.3. The molecule has 0 aliphatic heterocycles. The summed E-state index contributed by atoms with van der Waals surface area (Å²) in [5.41, 5.74) is -1.67. The van der Waals surface area contributed by atoms with Gasteiger partial charge in [0.25, 0.3) is 5.69 Å². The van der Waals surface area contributed by atoms with E-state index in [-0.39, 0.29) is 0 Å². The van der Waals surface area contributed by atoms with Crippen LogP contribution < -0.4 is 0 Å². The fraction of sp³-hybridized carbons (Fsp3) is 0. The number of benzene rings is 1. The van der Waals surface area contributed by atoms with Crippen LogP contribution in [0.2, 0.25) is 5.02 Å². The van der Waals surface area contributed by atoms with Gasteiger partial charge in [-0.05, 0) is 0 Å². The summed E-state index contributed by atoms with van der Waals surface area (Å²) in [7, 11) is 0. The van der Waals surface area contributed by atoms with Crippen LogP contribution in [-0.2, 0) is 0 Å². The smallest absolute Gasteiger partial charge is 0.258 e. The maximum absolute atomic E-state index is 12.8. The van der Waals surface area contributed by atoms with Gasteiger partial charge in [-0.25, -0.2) is 0 Å². The molecule has 0 bridgehead atoms. The average Bonchev–Trinajstić information content (AvgIpc) is 2.02. The van der Waals surface area contributed by atoms with E-state index in [1.165, 1.54) is 0 Å². The second-order valence-electron chi connectivity index (χ2n) is 2.27. The van der Waals surface area contributed by atoms with Gasteiger partial charge in [0.2, 0.25) is 5.82 Å². The average molecular weight is 221 g/mol. The second kappa shape index (κ2) is 3.54. The molecule has 0 aliphatic rings. The van der Waals surface area contributed by atoms with E-state index in [1.807, 2.05) is 0 Å². The van der Waals surface area contributed by atoms with Crippen molar-refractivity contribution in [3.05, 3.63) is 43.2 Å². The van der Waals surface area contributed by atoms with Crippen molar-refractivity contribution in [2.75, 3.05) is 0 Å². The molecule has 0 N–H and O–H groups in total. The van der Waals surface area contributed by atoms with Crippen LogP contribution in [-0.4, -0.2) is 9.85 Å². The number of rotatable bonds is 2. The zero-order valence-corrected chi connectivity index (χ0v) is 7.19. The molecule has 0 atom stereocenters. The highest BCUT2D eigenvalue weighted by molar-refractivity contribution is 6.32. The molecule has 1 rings (SSSR count). The molecular weight excluding hydrogens is 219 g/mol. The van der Waals surface area contributed by atoms with Crippen molar-refractivity contribution in [1.82, 2.24) is 0 Å². The second-order valence-corrected chi connectivity index (χ2v) is 2.68. The molecule has 0 aliphatic carbocycles. The molecule has 0 aromatic heterocycles. The van der Waals surface area contributed by atoms with Gasteiger partial charge in [0.15, 0.2) is 0 Å². The third-order valence-corrected chi connectivity index (χ3v) is 1.71. The molecule has 74 valence electrons. The predicted molar refractivity (Wildman–Crippen MR) is 44.7 cm³/mol. The quantitative estimate of drug-likeness (QED) is 0.565. The van der Waals surface area contributed by atoms with Gasteiger partial charge in [-0.3, -0.25) is 20.2 Å². The summed E-state index contributed by atoms with van der Waals surface area (Å²) in [6.45, 7) is 0. The molecule has 0 unspecified atom stereocenters. The van der Waals surface area contributed by atoms with Crippen LogP contribution in [0.15, 0.2) is 12.1 Å². The summed E-state index contributed by atoms with van der Waals surface area (Å²) in [5.74, 6) is -1.20. The van der Waals surface area contributed by atoms with Gasteiger partial charge in [-0.2, -0.15) is 4.39 Å². The van der Waals surface area contributed by atoms with Crippen LogP contribution >= 0.6 is 11.6 Å². The van der Waals surface area contributed by atoms with Crippen LogP contribution in [0, 0.1) is 26.0 Å². The number of halogens is 2. The maximum atomic E-state index is 12.8. The first kappa shape index (κ1) is 10.3. The summed E-state index contributed by atoms with van der Waals surface area (Å²) in [4.78, 5) is 18.5. The molecule has 6 nitrogen and oxygen atoms in total. The first-order valence-corrected chi connectivity index (χ1v) is 3.59. The molecular formula is C6H2ClFN2O4. The Hall–Kier alpha value is -1.76. The van der Waals surface area contributed by atoms with Crippen LogP contribution in [0.4, 0.5) is 15.8 Å².